The van der Waals surface area contributed by atoms with Crippen molar-refractivity contribution in [3.05, 3.63) is 0 Å². The highest BCUT2D eigenvalue weighted by Gasteiger charge is 2.26. The Kier molecular flexibility index (Phi) is 6.46. The standard InChI is InChI=1S/C13H28O2/c1-5-12(14,6-2)10-9-11-13(15,7-3)8-4/h14-15H,5-11H2,1-4H3. The summed E-state index contributed by atoms with van der Waals surface area (Å²) < 4.78 is 0. The summed E-state index contributed by atoms with van der Waals surface area (Å²) in [5.74, 6) is 0. The van der Waals surface area contributed by atoms with E-state index in [9.17, 15) is 10.2 Å². The minimum atomic E-state index is -0.512. The van der Waals surface area contributed by atoms with Crippen LogP contribution in [0.4, 0.5) is 0 Å². The first kappa shape index (κ1) is 14.9. The van der Waals surface area contributed by atoms with Crippen LogP contribution >= 0.6 is 0 Å². The van der Waals surface area contributed by atoms with Gasteiger partial charge in [0.25, 0.3) is 0 Å². The molecule has 0 saturated heterocycles. The topological polar surface area (TPSA) is 40.5 Å². The maximum atomic E-state index is 10.1. The van der Waals surface area contributed by atoms with Gasteiger partial charge in [0.1, 0.15) is 0 Å². The van der Waals surface area contributed by atoms with Gasteiger partial charge in [-0.25, -0.2) is 0 Å². The third-order valence-electron chi connectivity index (χ3n) is 3.92. The first-order valence-electron chi connectivity index (χ1n) is 6.40. The lowest BCUT2D eigenvalue weighted by molar-refractivity contribution is -0.00438. The van der Waals surface area contributed by atoms with Crippen LogP contribution in [0.25, 0.3) is 0 Å². The van der Waals surface area contributed by atoms with Crippen molar-refractivity contribution in [1.29, 1.82) is 0 Å². The summed E-state index contributed by atoms with van der Waals surface area (Å²) in [6, 6.07) is 0. The highest BCUT2D eigenvalue weighted by Crippen LogP contribution is 2.27. The van der Waals surface area contributed by atoms with Crippen LogP contribution in [0.2, 0.25) is 0 Å². The molecule has 0 radical (unpaired) electrons. The Morgan fingerprint density at radius 3 is 1.13 bits per heavy atom. The van der Waals surface area contributed by atoms with E-state index in [2.05, 4.69) is 0 Å². The van der Waals surface area contributed by atoms with Gasteiger partial charge in [0.2, 0.25) is 0 Å². The van der Waals surface area contributed by atoms with Crippen LogP contribution in [0.1, 0.15) is 72.6 Å². The first-order valence-corrected chi connectivity index (χ1v) is 6.40. The predicted octanol–water partition coefficient (Wildman–Crippen LogP) is 3.26. The second kappa shape index (κ2) is 6.49. The largest absolute Gasteiger partial charge is 0.390 e. The molecule has 15 heavy (non-hydrogen) atoms. The van der Waals surface area contributed by atoms with Crippen LogP contribution in [0, 0.1) is 0 Å². The lowest BCUT2D eigenvalue weighted by atomic mass is 9.86. The zero-order valence-electron chi connectivity index (χ0n) is 10.8. The van der Waals surface area contributed by atoms with Gasteiger partial charge in [-0.3, -0.25) is 0 Å². The summed E-state index contributed by atoms with van der Waals surface area (Å²) in [7, 11) is 0. The molecule has 0 aromatic carbocycles. The van der Waals surface area contributed by atoms with Crippen molar-refractivity contribution in [1.82, 2.24) is 0 Å². The van der Waals surface area contributed by atoms with E-state index in [0.717, 1.165) is 44.9 Å². The van der Waals surface area contributed by atoms with Gasteiger partial charge in [-0.1, -0.05) is 27.7 Å². The molecule has 0 saturated carbocycles. The Morgan fingerprint density at radius 1 is 0.667 bits per heavy atom. The molecule has 0 amide bonds. The van der Waals surface area contributed by atoms with Crippen LogP contribution < -0.4 is 0 Å². The number of rotatable bonds is 8. The summed E-state index contributed by atoms with van der Waals surface area (Å²) in [5.41, 5.74) is -1.02. The molecule has 0 aromatic rings. The molecular weight excluding hydrogens is 188 g/mol. The molecule has 0 aliphatic carbocycles. The highest BCUT2D eigenvalue weighted by atomic mass is 16.3. The lowest BCUT2D eigenvalue weighted by Crippen LogP contribution is -2.30. The van der Waals surface area contributed by atoms with E-state index >= 15 is 0 Å². The summed E-state index contributed by atoms with van der Waals surface area (Å²) in [6.07, 6.45) is 5.75. The van der Waals surface area contributed by atoms with Gasteiger partial charge < -0.3 is 10.2 Å². The maximum absolute atomic E-state index is 10.1. The van der Waals surface area contributed by atoms with Gasteiger partial charge in [-0.15, -0.1) is 0 Å². The van der Waals surface area contributed by atoms with E-state index in [4.69, 9.17) is 0 Å². The Labute approximate surface area is 94.7 Å². The van der Waals surface area contributed by atoms with Crippen LogP contribution in [0.15, 0.2) is 0 Å². The van der Waals surface area contributed by atoms with Crippen molar-refractivity contribution >= 4 is 0 Å². The lowest BCUT2D eigenvalue weighted by Gasteiger charge is -2.29. The van der Waals surface area contributed by atoms with Gasteiger partial charge in [0, 0.05) is 0 Å². The summed E-state index contributed by atoms with van der Waals surface area (Å²) in [4.78, 5) is 0. The molecule has 0 bridgehead atoms. The molecule has 0 aliphatic heterocycles. The summed E-state index contributed by atoms with van der Waals surface area (Å²) in [6.45, 7) is 8.09. The zero-order chi connectivity index (χ0) is 11.9. The third-order valence-corrected chi connectivity index (χ3v) is 3.92. The predicted molar refractivity (Wildman–Crippen MR) is 64.9 cm³/mol. The van der Waals surface area contributed by atoms with Crippen molar-refractivity contribution in [2.75, 3.05) is 0 Å². The van der Waals surface area contributed by atoms with Crippen LogP contribution in [-0.4, -0.2) is 21.4 Å². The van der Waals surface area contributed by atoms with Crippen molar-refractivity contribution < 1.29 is 10.2 Å². The smallest absolute Gasteiger partial charge is 0.0642 e. The van der Waals surface area contributed by atoms with E-state index in [1.165, 1.54) is 0 Å². The quantitative estimate of drug-likeness (QED) is 0.654. The maximum Gasteiger partial charge on any atom is 0.0642 e. The van der Waals surface area contributed by atoms with Crippen molar-refractivity contribution in [2.24, 2.45) is 0 Å². The second-order valence-corrected chi connectivity index (χ2v) is 4.72. The number of hydrogen-bond donors (Lipinski definition) is 2. The molecule has 0 aromatic heterocycles. The van der Waals surface area contributed by atoms with Crippen LogP contribution in [-0.2, 0) is 0 Å². The molecule has 0 heterocycles. The highest BCUT2D eigenvalue weighted by molar-refractivity contribution is 4.79. The SMILES string of the molecule is CCC(O)(CC)CCCC(O)(CC)CC. The number of hydrogen-bond acceptors (Lipinski definition) is 2. The number of aliphatic hydroxyl groups is 2. The van der Waals surface area contributed by atoms with Gasteiger partial charge >= 0.3 is 0 Å². The van der Waals surface area contributed by atoms with E-state index in [1.807, 2.05) is 27.7 Å². The molecule has 0 rings (SSSR count). The minimum Gasteiger partial charge on any atom is -0.390 e. The van der Waals surface area contributed by atoms with Crippen molar-refractivity contribution in [3.63, 3.8) is 0 Å². The Balaban J connectivity index is 3.96. The summed E-state index contributed by atoms with van der Waals surface area (Å²) in [5, 5.41) is 20.2. The molecule has 0 atom stereocenters. The zero-order valence-corrected chi connectivity index (χ0v) is 10.8. The fourth-order valence-electron chi connectivity index (χ4n) is 1.95. The molecule has 0 spiro atoms. The van der Waals surface area contributed by atoms with Gasteiger partial charge in [0.05, 0.1) is 11.2 Å². The minimum absolute atomic E-state index is 0.512. The van der Waals surface area contributed by atoms with E-state index in [1.54, 1.807) is 0 Å². The Bertz CT molecular complexity index is 140. The average molecular weight is 216 g/mol. The average Bonchev–Trinajstić information content (AvgIpc) is 2.28. The normalized spacial score (nSPS) is 13.2. The molecular formula is C13H28O2. The second-order valence-electron chi connectivity index (χ2n) is 4.72. The molecule has 0 aliphatic rings. The summed E-state index contributed by atoms with van der Waals surface area (Å²) >= 11 is 0. The molecule has 2 heteroatoms. The van der Waals surface area contributed by atoms with Crippen LogP contribution in [0.5, 0.6) is 0 Å². The fourth-order valence-corrected chi connectivity index (χ4v) is 1.95. The fraction of sp³-hybridized carbons (Fsp3) is 1.00. The molecule has 2 nitrogen and oxygen atoms in total. The van der Waals surface area contributed by atoms with E-state index in [0.29, 0.717) is 0 Å². The van der Waals surface area contributed by atoms with Crippen molar-refractivity contribution in [3.8, 4) is 0 Å². The monoisotopic (exact) mass is 216 g/mol. The Hall–Kier alpha value is -0.0800. The molecule has 2 N–H and O–H groups in total. The molecule has 0 unspecified atom stereocenters. The third kappa shape index (κ3) is 4.98. The van der Waals surface area contributed by atoms with Gasteiger partial charge in [-0.2, -0.15) is 0 Å². The van der Waals surface area contributed by atoms with E-state index in [-0.39, 0.29) is 0 Å². The molecule has 92 valence electrons. The van der Waals surface area contributed by atoms with Crippen molar-refractivity contribution in [2.45, 2.75) is 83.8 Å². The molecule has 0 fully saturated rings. The van der Waals surface area contributed by atoms with Crippen LogP contribution in [0.3, 0.4) is 0 Å². The van der Waals surface area contributed by atoms with Gasteiger partial charge in [-0.05, 0) is 44.9 Å². The van der Waals surface area contributed by atoms with Gasteiger partial charge in [0.15, 0.2) is 0 Å². The Morgan fingerprint density at radius 2 is 0.933 bits per heavy atom. The first-order chi connectivity index (χ1) is 6.95. The van der Waals surface area contributed by atoms with E-state index < -0.39 is 11.2 Å².